The van der Waals surface area contributed by atoms with Crippen molar-refractivity contribution < 1.29 is 14.6 Å². The van der Waals surface area contributed by atoms with Gasteiger partial charge in [-0.2, -0.15) is 0 Å². The lowest BCUT2D eigenvalue weighted by atomic mass is 9.87. The lowest BCUT2D eigenvalue weighted by Gasteiger charge is -2.21. The number of aromatic nitrogens is 2. The van der Waals surface area contributed by atoms with Gasteiger partial charge in [0.05, 0.1) is 24.1 Å². The predicted molar refractivity (Wildman–Crippen MR) is 137 cm³/mol. The molecule has 0 saturated heterocycles. The Labute approximate surface area is 203 Å². The van der Waals surface area contributed by atoms with Gasteiger partial charge in [-0.3, -0.25) is 14.8 Å². The smallest absolute Gasteiger partial charge is 0.307 e. The second kappa shape index (κ2) is 8.51. The topological polar surface area (TPSA) is 72.3 Å². The molecular formula is C30H24N2O3. The highest BCUT2D eigenvalue weighted by Gasteiger charge is 2.22. The van der Waals surface area contributed by atoms with Crippen LogP contribution in [0.1, 0.15) is 27.9 Å². The van der Waals surface area contributed by atoms with E-state index in [0.29, 0.717) is 6.61 Å². The van der Waals surface area contributed by atoms with E-state index < -0.39 is 5.97 Å². The minimum absolute atomic E-state index is 0.0672. The molecule has 2 aromatic heterocycles. The van der Waals surface area contributed by atoms with Gasteiger partial charge in [-0.05, 0) is 65.1 Å². The first kappa shape index (κ1) is 21.3. The first-order valence-electron chi connectivity index (χ1n) is 11.8. The summed E-state index contributed by atoms with van der Waals surface area (Å²) in [6, 6.07) is 22.4. The van der Waals surface area contributed by atoms with Crippen molar-refractivity contribution in [2.24, 2.45) is 0 Å². The molecule has 0 atom stereocenters. The van der Waals surface area contributed by atoms with Crippen LogP contribution in [0.5, 0.6) is 5.75 Å². The summed E-state index contributed by atoms with van der Waals surface area (Å²) < 4.78 is 5.92. The number of fused-ring (bicyclic) bond motifs is 1. The second-order valence-corrected chi connectivity index (χ2v) is 9.05. The first-order valence-corrected chi connectivity index (χ1v) is 11.8. The average Bonchev–Trinajstić information content (AvgIpc) is 2.86. The lowest BCUT2D eigenvalue weighted by Crippen LogP contribution is -2.10. The quantitative estimate of drug-likeness (QED) is 0.353. The van der Waals surface area contributed by atoms with E-state index in [2.05, 4.69) is 18.2 Å². The van der Waals surface area contributed by atoms with Gasteiger partial charge >= 0.3 is 5.97 Å². The van der Waals surface area contributed by atoms with Crippen molar-refractivity contribution in [2.45, 2.75) is 26.2 Å². The van der Waals surface area contributed by atoms with Crippen molar-refractivity contribution >= 4 is 27.8 Å². The zero-order valence-corrected chi connectivity index (χ0v) is 19.4. The van der Waals surface area contributed by atoms with Gasteiger partial charge in [-0.1, -0.05) is 36.4 Å². The molecule has 35 heavy (non-hydrogen) atoms. The summed E-state index contributed by atoms with van der Waals surface area (Å²) >= 11 is 0. The summed E-state index contributed by atoms with van der Waals surface area (Å²) in [7, 11) is 0. The van der Waals surface area contributed by atoms with E-state index in [1.165, 1.54) is 11.1 Å². The van der Waals surface area contributed by atoms with Crippen molar-refractivity contribution in [3.63, 3.8) is 0 Å². The summed E-state index contributed by atoms with van der Waals surface area (Å²) in [6.45, 7) is 2.62. The number of ether oxygens (including phenoxy) is 1. The van der Waals surface area contributed by atoms with Crippen LogP contribution in [0.2, 0.25) is 0 Å². The largest absolute Gasteiger partial charge is 0.493 e. The van der Waals surface area contributed by atoms with Gasteiger partial charge in [0.2, 0.25) is 0 Å². The zero-order valence-electron chi connectivity index (χ0n) is 19.4. The number of hydrogen-bond donors (Lipinski definition) is 1. The summed E-state index contributed by atoms with van der Waals surface area (Å²) in [6.07, 6.45) is 3.34. The number of rotatable bonds is 5. The third kappa shape index (κ3) is 3.79. The van der Waals surface area contributed by atoms with E-state index in [4.69, 9.17) is 14.7 Å². The normalized spacial score (nSPS) is 12.6. The molecule has 0 spiro atoms. The Morgan fingerprint density at radius 3 is 2.74 bits per heavy atom. The zero-order chi connectivity index (χ0) is 23.9. The molecule has 0 saturated carbocycles. The van der Waals surface area contributed by atoms with Crippen molar-refractivity contribution in [2.75, 3.05) is 6.61 Å². The molecule has 1 N–H and O–H groups in total. The Hall–Kier alpha value is -4.25. The standard InChI is InChI=1S/C30H24N2O3/c1-18-15-25-22(8-7-21(32-25)16-19-5-3-2-4-6-19)29(24(18)17-27(33)34)23-9-10-26-28-20(12-14-35-26)11-13-31-30(23)28/h2-11,13,15H,12,14,16-17H2,1H3,(H,33,34). The number of carboxylic acid groups (broad SMARTS) is 1. The maximum absolute atomic E-state index is 11.9. The number of aryl methyl sites for hydroxylation is 1. The number of benzene rings is 3. The van der Waals surface area contributed by atoms with Gasteiger partial charge in [-0.25, -0.2) is 0 Å². The number of carboxylic acids is 1. The number of hydrogen-bond acceptors (Lipinski definition) is 4. The Balaban J connectivity index is 1.61. The van der Waals surface area contributed by atoms with Crippen LogP contribution >= 0.6 is 0 Å². The fourth-order valence-corrected chi connectivity index (χ4v) is 5.18. The van der Waals surface area contributed by atoms with Gasteiger partial charge in [0.15, 0.2) is 0 Å². The van der Waals surface area contributed by atoms with E-state index in [9.17, 15) is 9.90 Å². The highest BCUT2D eigenvalue weighted by atomic mass is 16.5. The fraction of sp³-hybridized carbons (Fsp3) is 0.167. The van der Waals surface area contributed by atoms with Gasteiger partial charge in [0, 0.05) is 41.1 Å². The molecule has 0 bridgehead atoms. The second-order valence-electron chi connectivity index (χ2n) is 9.05. The van der Waals surface area contributed by atoms with Gasteiger partial charge in [0.1, 0.15) is 5.75 Å². The van der Waals surface area contributed by atoms with E-state index in [0.717, 1.165) is 68.3 Å². The molecule has 6 rings (SSSR count). The van der Waals surface area contributed by atoms with E-state index >= 15 is 0 Å². The molecule has 1 aliphatic rings. The molecule has 5 heteroatoms. The predicted octanol–water partition coefficient (Wildman–Crippen LogP) is 5.91. The monoisotopic (exact) mass is 460 g/mol. The van der Waals surface area contributed by atoms with E-state index in [1.807, 2.05) is 61.7 Å². The average molecular weight is 461 g/mol. The maximum Gasteiger partial charge on any atom is 0.307 e. The fourth-order valence-electron chi connectivity index (χ4n) is 5.18. The molecule has 0 radical (unpaired) electrons. The minimum atomic E-state index is -0.860. The molecule has 0 aliphatic carbocycles. The molecule has 5 nitrogen and oxygen atoms in total. The van der Waals surface area contributed by atoms with Gasteiger partial charge in [-0.15, -0.1) is 0 Å². The number of aliphatic carboxylic acids is 1. The summed E-state index contributed by atoms with van der Waals surface area (Å²) in [5, 5.41) is 11.7. The van der Waals surface area contributed by atoms with Crippen LogP contribution in [-0.2, 0) is 24.1 Å². The Morgan fingerprint density at radius 2 is 1.91 bits per heavy atom. The number of carbonyl (C=O) groups is 1. The molecular weight excluding hydrogens is 436 g/mol. The maximum atomic E-state index is 11.9. The SMILES string of the molecule is Cc1cc2nc(Cc3ccccc3)ccc2c(-c2ccc3c4c(ccnc24)CCO3)c1CC(=O)O. The third-order valence-corrected chi connectivity index (χ3v) is 6.78. The lowest BCUT2D eigenvalue weighted by molar-refractivity contribution is -0.136. The van der Waals surface area contributed by atoms with Gasteiger partial charge in [0.25, 0.3) is 0 Å². The van der Waals surface area contributed by atoms with Crippen LogP contribution in [-0.4, -0.2) is 27.7 Å². The molecule has 3 heterocycles. The highest BCUT2D eigenvalue weighted by Crippen LogP contribution is 2.42. The van der Waals surface area contributed by atoms with Crippen LogP contribution < -0.4 is 4.74 Å². The van der Waals surface area contributed by atoms with Crippen LogP contribution in [0.25, 0.3) is 32.9 Å². The molecule has 1 aliphatic heterocycles. The minimum Gasteiger partial charge on any atom is -0.493 e. The first-order chi connectivity index (χ1) is 17.1. The highest BCUT2D eigenvalue weighted by molar-refractivity contribution is 6.07. The molecule has 0 unspecified atom stereocenters. The number of nitrogens with zero attached hydrogens (tertiary/aromatic N) is 2. The molecule has 0 fully saturated rings. The van der Waals surface area contributed by atoms with Crippen LogP contribution in [0.3, 0.4) is 0 Å². The number of pyridine rings is 2. The molecule has 0 amide bonds. The van der Waals surface area contributed by atoms with E-state index in [-0.39, 0.29) is 6.42 Å². The van der Waals surface area contributed by atoms with Crippen LogP contribution in [0, 0.1) is 6.92 Å². The van der Waals surface area contributed by atoms with Crippen LogP contribution in [0.15, 0.2) is 72.9 Å². The summed E-state index contributed by atoms with van der Waals surface area (Å²) in [5.41, 5.74) is 8.59. The Bertz CT molecular complexity index is 1600. The van der Waals surface area contributed by atoms with E-state index in [1.54, 1.807) is 0 Å². The van der Waals surface area contributed by atoms with Crippen molar-refractivity contribution in [1.82, 2.24) is 9.97 Å². The summed E-state index contributed by atoms with van der Waals surface area (Å²) in [5.74, 6) is -0.0282. The summed E-state index contributed by atoms with van der Waals surface area (Å²) in [4.78, 5) is 21.6. The van der Waals surface area contributed by atoms with Crippen molar-refractivity contribution in [3.8, 4) is 16.9 Å². The molecule has 172 valence electrons. The van der Waals surface area contributed by atoms with Gasteiger partial charge < -0.3 is 9.84 Å². The van der Waals surface area contributed by atoms with Crippen molar-refractivity contribution in [1.29, 1.82) is 0 Å². The Kier molecular flexibility index (Phi) is 5.18. The molecule has 3 aromatic carbocycles. The third-order valence-electron chi connectivity index (χ3n) is 6.78. The Morgan fingerprint density at radius 1 is 1.06 bits per heavy atom. The van der Waals surface area contributed by atoms with Crippen LogP contribution in [0.4, 0.5) is 0 Å². The molecule has 5 aromatic rings. The van der Waals surface area contributed by atoms with Crippen molar-refractivity contribution in [3.05, 3.63) is 101 Å².